The maximum atomic E-state index is 14.0. The number of benzene rings is 2. The first kappa shape index (κ1) is 13.0. The van der Waals surface area contributed by atoms with E-state index >= 15 is 0 Å². The van der Waals surface area contributed by atoms with Gasteiger partial charge in [0.2, 0.25) is 0 Å². The highest BCUT2D eigenvalue weighted by molar-refractivity contribution is 6.21. The minimum Gasteiger partial charge on any atom is -0.307 e. The summed E-state index contributed by atoms with van der Waals surface area (Å²) in [6.07, 6.45) is 0.478. The van der Waals surface area contributed by atoms with Crippen LogP contribution in [0.5, 0.6) is 0 Å². The zero-order chi connectivity index (χ0) is 15.3. The van der Waals surface area contributed by atoms with Crippen LogP contribution < -0.4 is 4.90 Å². The van der Waals surface area contributed by atoms with Gasteiger partial charge in [0.15, 0.2) is 0 Å². The molecule has 2 aromatic carbocycles. The number of amides is 3. The van der Waals surface area contributed by atoms with Gasteiger partial charge in [0.1, 0.15) is 11.9 Å². The molecular formula is C17H13FN2O2. The van der Waals surface area contributed by atoms with Gasteiger partial charge in [0, 0.05) is 13.0 Å². The van der Waals surface area contributed by atoms with Crippen molar-refractivity contribution in [1.29, 1.82) is 0 Å². The van der Waals surface area contributed by atoms with Gasteiger partial charge in [-0.25, -0.2) is 14.1 Å². The molecule has 2 heterocycles. The second-order valence-electron chi connectivity index (χ2n) is 5.52. The van der Waals surface area contributed by atoms with E-state index in [-0.39, 0.29) is 11.6 Å². The highest BCUT2D eigenvalue weighted by atomic mass is 19.1. The Morgan fingerprint density at radius 1 is 0.955 bits per heavy atom. The molecule has 2 aliphatic heterocycles. The summed E-state index contributed by atoms with van der Waals surface area (Å²) in [6, 6.07) is 12.6. The Kier molecular flexibility index (Phi) is 2.76. The molecule has 2 aromatic rings. The summed E-state index contributed by atoms with van der Waals surface area (Å²) in [6.45, 7) is 0.385. The maximum Gasteiger partial charge on any atom is 0.332 e. The summed E-state index contributed by atoms with van der Waals surface area (Å²) in [5, 5.41) is 0. The number of nitrogens with zero attached hydrogens (tertiary/aromatic N) is 2. The van der Waals surface area contributed by atoms with Crippen LogP contribution in [0.15, 0.2) is 48.5 Å². The maximum absolute atomic E-state index is 14.0. The summed E-state index contributed by atoms with van der Waals surface area (Å²) in [7, 11) is 0. The van der Waals surface area contributed by atoms with Crippen LogP contribution in [0.4, 0.5) is 14.9 Å². The lowest BCUT2D eigenvalue weighted by Crippen LogP contribution is -2.39. The third-order valence-corrected chi connectivity index (χ3v) is 4.28. The topological polar surface area (TPSA) is 40.6 Å². The summed E-state index contributed by atoms with van der Waals surface area (Å²) in [4.78, 5) is 27.7. The largest absolute Gasteiger partial charge is 0.332 e. The van der Waals surface area contributed by atoms with Crippen LogP contribution in [0.25, 0.3) is 0 Å². The Morgan fingerprint density at radius 2 is 1.64 bits per heavy atom. The van der Waals surface area contributed by atoms with Crippen molar-refractivity contribution in [2.45, 2.75) is 19.0 Å². The van der Waals surface area contributed by atoms with E-state index in [2.05, 4.69) is 0 Å². The van der Waals surface area contributed by atoms with E-state index < -0.39 is 17.9 Å². The number of fused-ring (bicyclic) bond motifs is 2. The van der Waals surface area contributed by atoms with Crippen LogP contribution in [0.1, 0.15) is 11.1 Å². The fraction of sp³-hybridized carbons (Fsp3) is 0.176. The molecule has 1 fully saturated rings. The SMILES string of the molecule is O=C1[C@@H]2Cc3ccccc3CN2C(=O)N1c1ccccc1F. The first-order valence-corrected chi connectivity index (χ1v) is 7.12. The molecule has 3 amide bonds. The molecule has 4 rings (SSSR count). The van der Waals surface area contributed by atoms with Gasteiger partial charge in [-0.1, -0.05) is 36.4 Å². The minimum absolute atomic E-state index is 0.0240. The molecule has 0 spiro atoms. The van der Waals surface area contributed by atoms with Gasteiger partial charge in [-0.05, 0) is 23.3 Å². The first-order valence-electron chi connectivity index (χ1n) is 7.12. The highest BCUT2D eigenvalue weighted by Gasteiger charge is 2.48. The third-order valence-electron chi connectivity index (χ3n) is 4.28. The van der Waals surface area contributed by atoms with Crippen LogP contribution in [-0.4, -0.2) is 22.9 Å². The van der Waals surface area contributed by atoms with Crippen molar-refractivity contribution in [2.24, 2.45) is 0 Å². The molecule has 0 aromatic heterocycles. The smallest absolute Gasteiger partial charge is 0.307 e. The van der Waals surface area contributed by atoms with Crippen molar-refractivity contribution in [3.8, 4) is 0 Å². The first-order chi connectivity index (χ1) is 10.7. The lowest BCUT2D eigenvalue weighted by molar-refractivity contribution is -0.120. The average molecular weight is 296 g/mol. The fourth-order valence-corrected chi connectivity index (χ4v) is 3.17. The molecule has 1 saturated heterocycles. The van der Waals surface area contributed by atoms with Crippen LogP contribution in [0.2, 0.25) is 0 Å². The van der Waals surface area contributed by atoms with Crippen LogP contribution in [0, 0.1) is 5.82 Å². The molecule has 0 N–H and O–H groups in total. The molecule has 0 radical (unpaired) electrons. The molecule has 110 valence electrons. The Hall–Kier alpha value is -2.69. The number of rotatable bonds is 1. The number of halogens is 1. The number of urea groups is 1. The highest BCUT2D eigenvalue weighted by Crippen LogP contribution is 2.33. The van der Waals surface area contributed by atoms with Gasteiger partial charge in [-0.15, -0.1) is 0 Å². The number of imide groups is 1. The number of para-hydroxylation sites is 1. The summed E-state index contributed by atoms with van der Waals surface area (Å²) in [5.74, 6) is -0.925. The van der Waals surface area contributed by atoms with E-state index in [4.69, 9.17) is 0 Å². The van der Waals surface area contributed by atoms with Gasteiger partial charge in [-0.3, -0.25) is 4.79 Å². The van der Waals surface area contributed by atoms with E-state index in [1.165, 1.54) is 23.1 Å². The molecule has 22 heavy (non-hydrogen) atoms. The standard InChI is InChI=1S/C17H13FN2O2/c18-13-7-3-4-8-14(13)20-16(21)15-9-11-5-1-2-6-12(11)10-19(15)17(20)22/h1-8,15H,9-10H2/t15-/m0/s1. The van der Waals surface area contributed by atoms with Crippen molar-refractivity contribution in [3.63, 3.8) is 0 Å². The lowest BCUT2D eigenvalue weighted by Gasteiger charge is -2.28. The second kappa shape index (κ2) is 4.66. The number of hydrogen-bond donors (Lipinski definition) is 0. The summed E-state index contributed by atoms with van der Waals surface area (Å²) >= 11 is 0. The van der Waals surface area contributed by atoms with Crippen molar-refractivity contribution in [1.82, 2.24) is 4.90 Å². The van der Waals surface area contributed by atoms with Gasteiger partial charge < -0.3 is 4.90 Å². The minimum atomic E-state index is -0.568. The molecule has 0 unspecified atom stereocenters. The average Bonchev–Trinajstić information content (AvgIpc) is 2.77. The number of carbonyl (C=O) groups excluding carboxylic acids is 2. The number of hydrogen-bond acceptors (Lipinski definition) is 2. The van der Waals surface area contributed by atoms with E-state index in [1.54, 1.807) is 6.07 Å². The Balaban J connectivity index is 1.75. The molecule has 5 heteroatoms. The molecule has 0 saturated carbocycles. The predicted molar refractivity (Wildman–Crippen MR) is 78.8 cm³/mol. The third kappa shape index (κ3) is 1.75. The Bertz CT molecular complexity index is 747. The summed E-state index contributed by atoms with van der Waals surface area (Å²) < 4.78 is 14.0. The molecule has 1 atom stereocenters. The van der Waals surface area contributed by atoms with E-state index in [9.17, 15) is 14.0 Å². The number of carbonyl (C=O) groups is 2. The molecule has 4 nitrogen and oxygen atoms in total. The zero-order valence-corrected chi connectivity index (χ0v) is 11.7. The molecule has 2 aliphatic rings. The van der Waals surface area contributed by atoms with Crippen molar-refractivity contribution >= 4 is 17.6 Å². The Labute approximate surface area is 126 Å². The van der Waals surface area contributed by atoms with Crippen LogP contribution in [-0.2, 0) is 17.8 Å². The Morgan fingerprint density at radius 3 is 2.41 bits per heavy atom. The fourth-order valence-electron chi connectivity index (χ4n) is 3.17. The molecule has 0 bridgehead atoms. The van der Waals surface area contributed by atoms with Gasteiger partial charge in [0.05, 0.1) is 5.69 Å². The van der Waals surface area contributed by atoms with Crippen molar-refractivity contribution in [3.05, 3.63) is 65.5 Å². The van der Waals surface area contributed by atoms with E-state index in [0.29, 0.717) is 13.0 Å². The van der Waals surface area contributed by atoms with Crippen molar-refractivity contribution < 1.29 is 14.0 Å². The van der Waals surface area contributed by atoms with Gasteiger partial charge in [0.25, 0.3) is 5.91 Å². The van der Waals surface area contributed by atoms with Crippen LogP contribution >= 0.6 is 0 Å². The van der Waals surface area contributed by atoms with Crippen LogP contribution in [0.3, 0.4) is 0 Å². The quantitative estimate of drug-likeness (QED) is 0.759. The van der Waals surface area contributed by atoms with Gasteiger partial charge >= 0.3 is 6.03 Å². The van der Waals surface area contributed by atoms with Crippen molar-refractivity contribution in [2.75, 3.05) is 4.90 Å². The normalized spacial score (nSPS) is 20.1. The monoisotopic (exact) mass is 296 g/mol. The zero-order valence-electron chi connectivity index (χ0n) is 11.7. The lowest BCUT2D eigenvalue weighted by atomic mass is 9.95. The van der Waals surface area contributed by atoms with E-state index in [0.717, 1.165) is 16.0 Å². The van der Waals surface area contributed by atoms with Gasteiger partial charge in [-0.2, -0.15) is 0 Å². The summed E-state index contributed by atoms with van der Waals surface area (Å²) in [5.41, 5.74) is 2.13. The van der Waals surface area contributed by atoms with E-state index in [1.807, 2.05) is 24.3 Å². The number of anilines is 1. The predicted octanol–water partition coefficient (Wildman–Crippen LogP) is 2.72. The second-order valence-corrected chi connectivity index (χ2v) is 5.52. The molecule has 0 aliphatic carbocycles. The molecular weight excluding hydrogens is 283 g/mol.